The van der Waals surface area contributed by atoms with Gasteiger partial charge in [0.2, 0.25) is 0 Å². The van der Waals surface area contributed by atoms with E-state index in [0.29, 0.717) is 17.1 Å². The van der Waals surface area contributed by atoms with E-state index < -0.39 is 0 Å². The van der Waals surface area contributed by atoms with Crippen molar-refractivity contribution in [3.05, 3.63) is 53.2 Å². The van der Waals surface area contributed by atoms with Gasteiger partial charge in [-0.05, 0) is 30.3 Å². The van der Waals surface area contributed by atoms with Crippen LogP contribution in [0.15, 0.2) is 42.7 Å². The number of carbonyl (C=O) groups excluding carboxylic acids is 1. The van der Waals surface area contributed by atoms with Gasteiger partial charge in [-0.1, -0.05) is 18.2 Å². The second-order valence-electron chi connectivity index (χ2n) is 2.63. The summed E-state index contributed by atoms with van der Waals surface area (Å²) in [5, 5.41) is 3.30. The minimum Gasteiger partial charge on any atom is -0.348 e. The number of carbonyl (C=O) groups is 1. The first-order valence-electron chi connectivity index (χ1n) is 4.12. The van der Waals surface area contributed by atoms with Crippen LogP contribution in [-0.4, -0.2) is 12.5 Å². The van der Waals surface area contributed by atoms with E-state index >= 15 is 0 Å². The summed E-state index contributed by atoms with van der Waals surface area (Å²) in [5.74, 6) is -0.131. The predicted molar refractivity (Wildman–Crippen MR) is 57.5 cm³/mol. The van der Waals surface area contributed by atoms with Crippen LogP contribution in [0.2, 0.25) is 5.02 Å². The summed E-state index contributed by atoms with van der Waals surface area (Å²) in [7, 11) is 0. The zero-order valence-electron chi connectivity index (χ0n) is 7.59. The molecule has 3 heteroatoms. The molecule has 0 fully saturated rings. The monoisotopic (exact) mass is 207 g/mol. The van der Waals surface area contributed by atoms with Gasteiger partial charge in [-0.25, -0.2) is 0 Å². The molecule has 1 N–H and O–H groups in total. The van der Waals surface area contributed by atoms with Crippen LogP contribution < -0.4 is 5.32 Å². The van der Waals surface area contributed by atoms with Gasteiger partial charge in [-0.2, -0.15) is 0 Å². The van der Waals surface area contributed by atoms with E-state index in [-0.39, 0.29) is 5.91 Å². The Bertz CT molecular complexity index is 363. The van der Waals surface area contributed by atoms with E-state index in [1.807, 2.05) is 0 Å². The Morgan fingerprint density at radius 1 is 1.50 bits per heavy atom. The fraction of sp³-hybridized carbons (Fsp3) is 0.0909. The largest absolute Gasteiger partial charge is 0.348 e. The van der Waals surface area contributed by atoms with Crippen molar-refractivity contribution in [3.63, 3.8) is 0 Å². The van der Waals surface area contributed by atoms with Gasteiger partial charge >= 0.3 is 0 Å². The van der Waals surface area contributed by atoms with Crippen LogP contribution in [0.3, 0.4) is 0 Å². The lowest BCUT2D eigenvalue weighted by atomic mass is 10.2. The van der Waals surface area contributed by atoms with Crippen molar-refractivity contribution >= 4 is 17.5 Å². The number of amides is 1. The first kappa shape index (κ1) is 10.6. The van der Waals surface area contributed by atoms with E-state index in [0.717, 1.165) is 0 Å². The van der Waals surface area contributed by atoms with Gasteiger partial charge in [0.1, 0.15) is 0 Å². The second-order valence-corrected chi connectivity index (χ2v) is 3.06. The van der Waals surface area contributed by atoms with E-state index in [2.05, 4.69) is 17.6 Å². The summed E-state index contributed by atoms with van der Waals surface area (Å²) >= 11 is 5.69. The van der Waals surface area contributed by atoms with Gasteiger partial charge in [0, 0.05) is 17.1 Å². The molecule has 0 saturated heterocycles. The third-order valence-electron chi connectivity index (χ3n) is 1.62. The highest BCUT2D eigenvalue weighted by atomic mass is 35.5. The maximum absolute atomic E-state index is 11.4. The smallest absolute Gasteiger partial charge is 0.251 e. The van der Waals surface area contributed by atoms with Crippen molar-refractivity contribution in [2.75, 3.05) is 6.54 Å². The maximum Gasteiger partial charge on any atom is 0.251 e. The van der Waals surface area contributed by atoms with Crippen LogP contribution in [0, 0.1) is 0 Å². The van der Waals surface area contributed by atoms with E-state index in [1.54, 1.807) is 30.3 Å². The summed E-state index contributed by atoms with van der Waals surface area (Å²) in [6, 6.07) is 6.71. The number of nitrogens with one attached hydrogen (secondary N) is 1. The van der Waals surface area contributed by atoms with Crippen molar-refractivity contribution in [3.8, 4) is 0 Å². The molecule has 0 radical (unpaired) electrons. The first-order valence-corrected chi connectivity index (χ1v) is 4.50. The summed E-state index contributed by atoms with van der Waals surface area (Å²) in [6.07, 6.45) is 1.65. The lowest BCUT2D eigenvalue weighted by Gasteiger charge is -2.01. The zero-order valence-corrected chi connectivity index (χ0v) is 8.34. The molecular formula is C11H10ClNO. The van der Waals surface area contributed by atoms with Crippen LogP contribution in [0.4, 0.5) is 0 Å². The second kappa shape index (κ2) is 5.28. The molecule has 2 nitrogen and oxygen atoms in total. The Morgan fingerprint density at radius 2 is 2.14 bits per heavy atom. The lowest BCUT2D eigenvalue weighted by Crippen LogP contribution is -2.22. The van der Waals surface area contributed by atoms with Crippen LogP contribution in [0.25, 0.3) is 0 Å². The average molecular weight is 208 g/mol. The quantitative estimate of drug-likeness (QED) is 0.758. The van der Waals surface area contributed by atoms with E-state index in [9.17, 15) is 4.79 Å². The van der Waals surface area contributed by atoms with Crippen molar-refractivity contribution in [1.82, 2.24) is 5.32 Å². The van der Waals surface area contributed by atoms with Gasteiger partial charge in [0.25, 0.3) is 5.91 Å². The number of halogens is 1. The van der Waals surface area contributed by atoms with Gasteiger partial charge < -0.3 is 5.32 Å². The molecule has 0 unspecified atom stereocenters. The molecule has 0 heterocycles. The normalized spacial score (nSPS) is 8.93. The first-order chi connectivity index (χ1) is 6.74. The standard InChI is InChI=1S/C11H10ClNO/c1-2-3-8-13-11(14)9-4-6-10(12)7-5-9/h3-7H,1,8H2,(H,13,14). The topological polar surface area (TPSA) is 29.1 Å². The highest BCUT2D eigenvalue weighted by molar-refractivity contribution is 6.30. The van der Waals surface area contributed by atoms with Gasteiger partial charge in [-0.15, -0.1) is 5.73 Å². The van der Waals surface area contributed by atoms with Crippen LogP contribution >= 0.6 is 11.6 Å². The molecule has 0 spiro atoms. The van der Waals surface area contributed by atoms with Crippen molar-refractivity contribution in [1.29, 1.82) is 0 Å². The molecule has 0 aliphatic rings. The molecule has 1 aromatic rings. The molecule has 0 aliphatic carbocycles. The molecule has 1 rings (SSSR count). The SMILES string of the molecule is C=C=CCNC(=O)c1ccc(Cl)cc1. The average Bonchev–Trinajstić information content (AvgIpc) is 2.19. The lowest BCUT2D eigenvalue weighted by molar-refractivity contribution is 0.0958. The van der Waals surface area contributed by atoms with E-state index in [1.165, 1.54) is 0 Å². The molecule has 0 atom stereocenters. The molecule has 1 aromatic carbocycles. The number of rotatable bonds is 3. The summed E-state index contributed by atoms with van der Waals surface area (Å²) in [6.45, 7) is 3.83. The summed E-state index contributed by atoms with van der Waals surface area (Å²) in [5.41, 5.74) is 3.16. The fourth-order valence-electron chi connectivity index (χ4n) is 0.919. The van der Waals surface area contributed by atoms with Crippen molar-refractivity contribution in [2.45, 2.75) is 0 Å². The van der Waals surface area contributed by atoms with Crippen LogP contribution in [0.5, 0.6) is 0 Å². The zero-order chi connectivity index (χ0) is 10.4. The minimum absolute atomic E-state index is 0.131. The predicted octanol–water partition coefficient (Wildman–Crippen LogP) is 2.41. The number of benzene rings is 1. The Balaban J connectivity index is 2.60. The van der Waals surface area contributed by atoms with Crippen LogP contribution in [-0.2, 0) is 0 Å². The third kappa shape index (κ3) is 3.09. The molecule has 72 valence electrons. The van der Waals surface area contributed by atoms with E-state index in [4.69, 9.17) is 11.6 Å². The molecule has 0 aliphatic heterocycles. The molecule has 0 bridgehead atoms. The Morgan fingerprint density at radius 3 is 2.71 bits per heavy atom. The molecule has 0 saturated carbocycles. The highest BCUT2D eigenvalue weighted by Gasteiger charge is 2.02. The fourth-order valence-corrected chi connectivity index (χ4v) is 1.05. The summed E-state index contributed by atoms with van der Waals surface area (Å²) < 4.78 is 0. The Hall–Kier alpha value is -1.50. The highest BCUT2D eigenvalue weighted by Crippen LogP contribution is 2.08. The number of hydrogen-bond acceptors (Lipinski definition) is 1. The molecule has 1 amide bonds. The van der Waals surface area contributed by atoms with Gasteiger partial charge in [-0.3, -0.25) is 4.79 Å². The summed E-state index contributed by atoms with van der Waals surface area (Å²) in [4.78, 5) is 11.4. The molecular weight excluding hydrogens is 198 g/mol. The van der Waals surface area contributed by atoms with Gasteiger partial charge in [0.15, 0.2) is 0 Å². The van der Waals surface area contributed by atoms with Gasteiger partial charge in [0.05, 0.1) is 0 Å². The van der Waals surface area contributed by atoms with Crippen LogP contribution in [0.1, 0.15) is 10.4 Å². The number of hydrogen-bond donors (Lipinski definition) is 1. The third-order valence-corrected chi connectivity index (χ3v) is 1.87. The Kier molecular flexibility index (Phi) is 3.99. The maximum atomic E-state index is 11.4. The minimum atomic E-state index is -0.131. The molecule has 0 aromatic heterocycles. The Labute approximate surface area is 87.9 Å². The van der Waals surface area contributed by atoms with Crippen molar-refractivity contribution in [2.24, 2.45) is 0 Å². The van der Waals surface area contributed by atoms with Crippen molar-refractivity contribution < 1.29 is 4.79 Å². The molecule has 14 heavy (non-hydrogen) atoms.